The van der Waals surface area contributed by atoms with Crippen LogP contribution in [-0.2, 0) is 9.53 Å². The highest BCUT2D eigenvalue weighted by molar-refractivity contribution is 5.92. The van der Waals surface area contributed by atoms with E-state index in [4.69, 9.17) is 4.74 Å². The number of carbonyl (C=O) groups is 1. The van der Waals surface area contributed by atoms with E-state index in [1.54, 1.807) is 0 Å². The van der Waals surface area contributed by atoms with Crippen LogP contribution in [0.2, 0.25) is 0 Å². The molecular formula is C21H33N3O3. The van der Waals surface area contributed by atoms with Crippen molar-refractivity contribution in [3.8, 4) is 0 Å². The van der Waals surface area contributed by atoms with Gasteiger partial charge < -0.3 is 20.1 Å². The van der Waals surface area contributed by atoms with Crippen molar-refractivity contribution in [3.05, 3.63) is 24.3 Å². The Morgan fingerprint density at radius 3 is 2.56 bits per heavy atom. The maximum atomic E-state index is 12.5. The fourth-order valence-corrected chi connectivity index (χ4v) is 4.27. The van der Waals surface area contributed by atoms with Crippen LogP contribution >= 0.6 is 0 Å². The summed E-state index contributed by atoms with van der Waals surface area (Å²) in [6.07, 6.45) is 4.58. The predicted molar refractivity (Wildman–Crippen MR) is 108 cm³/mol. The van der Waals surface area contributed by atoms with Gasteiger partial charge in [-0.25, -0.2) is 0 Å². The second kappa shape index (κ2) is 9.53. The number of ether oxygens (including phenoxy) is 1. The molecule has 3 atom stereocenters. The number of hydrogen-bond donors (Lipinski definition) is 2. The third-order valence-corrected chi connectivity index (χ3v) is 5.49. The number of morpholine rings is 1. The fraction of sp³-hybridized carbons (Fsp3) is 0.667. The number of amides is 1. The quantitative estimate of drug-likeness (QED) is 0.800. The molecule has 6 nitrogen and oxygen atoms in total. The van der Waals surface area contributed by atoms with Gasteiger partial charge in [-0.2, -0.15) is 0 Å². The zero-order valence-electron chi connectivity index (χ0n) is 16.6. The molecule has 2 aliphatic heterocycles. The van der Waals surface area contributed by atoms with Gasteiger partial charge in [-0.1, -0.05) is 6.42 Å². The molecule has 2 fully saturated rings. The van der Waals surface area contributed by atoms with Gasteiger partial charge in [0.1, 0.15) is 0 Å². The van der Waals surface area contributed by atoms with Crippen LogP contribution in [0.4, 0.5) is 11.4 Å². The SMILES string of the molecule is CC1CN(c2ccc(NC(=O)CN3CCCCC3CCO)cc2)CC(C)O1. The van der Waals surface area contributed by atoms with Gasteiger partial charge in [0, 0.05) is 37.1 Å². The molecule has 0 aromatic heterocycles. The lowest BCUT2D eigenvalue weighted by Gasteiger charge is -2.37. The Hall–Kier alpha value is -1.63. The van der Waals surface area contributed by atoms with Crippen molar-refractivity contribution in [1.82, 2.24) is 4.90 Å². The van der Waals surface area contributed by atoms with Crippen molar-refractivity contribution in [2.24, 2.45) is 0 Å². The van der Waals surface area contributed by atoms with E-state index in [1.807, 2.05) is 12.1 Å². The molecule has 1 amide bonds. The van der Waals surface area contributed by atoms with Crippen LogP contribution in [0.3, 0.4) is 0 Å². The molecule has 1 aromatic carbocycles. The number of carbonyl (C=O) groups excluding carboxylic acids is 1. The first-order valence-electron chi connectivity index (χ1n) is 10.2. The Bertz CT molecular complexity index is 595. The molecule has 0 saturated carbocycles. The Morgan fingerprint density at radius 2 is 1.89 bits per heavy atom. The number of aliphatic hydroxyl groups excluding tert-OH is 1. The minimum atomic E-state index is 0.0150. The summed E-state index contributed by atoms with van der Waals surface area (Å²) in [7, 11) is 0. The molecule has 1 aromatic rings. The van der Waals surface area contributed by atoms with Gasteiger partial charge in [0.25, 0.3) is 0 Å². The van der Waals surface area contributed by atoms with E-state index < -0.39 is 0 Å². The minimum absolute atomic E-state index is 0.0150. The van der Waals surface area contributed by atoms with E-state index in [0.717, 1.165) is 50.3 Å². The zero-order chi connectivity index (χ0) is 19.2. The summed E-state index contributed by atoms with van der Waals surface area (Å²) in [6, 6.07) is 8.40. The number of anilines is 2. The van der Waals surface area contributed by atoms with E-state index in [1.165, 1.54) is 6.42 Å². The lowest BCUT2D eigenvalue weighted by molar-refractivity contribution is -0.118. The van der Waals surface area contributed by atoms with Crippen molar-refractivity contribution in [2.75, 3.05) is 43.0 Å². The molecule has 0 bridgehead atoms. The standard InChI is InChI=1S/C21H33N3O3/c1-16-13-24(14-17(2)27-16)20-8-6-18(7-9-20)22-21(26)15-23-11-4-3-5-19(23)10-12-25/h6-9,16-17,19,25H,3-5,10-15H2,1-2H3,(H,22,26). The number of benzene rings is 1. The summed E-state index contributed by atoms with van der Waals surface area (Å²) in [5.41, 5.74) is 1.99. The molecule has 3 rings (SSSR count). The van der Waals surface area contributed by atoms with Crippen molar-refractivity contribution in [2.45, 2.75) is 57.8 Å². The summed E-state index contributed by atoms with van der Waals surface area (Å²) in [5.74, 6) is 0.0150. The highest BCUT2D eigenvalue weighted by Crippen LogP contribution is 2.23. The first-order chi connectivity index (χ1) is 13.0. The first-order valence-corrected chi connectivity index (χ1v) is 10.2. The van der Waals surface area contributed by atoms with Crippen LogP contribution in [0.25, 0.3) is 0 Å². The van der Waals surface area contributed by atoms with Crippen LogP contribution in [0.1, 0.15) is 39.5 Å². The largest absolute Gasteiger partial charge is 0.396 e. The molecule has 27 heavy (non-hydrogen) atoms. The number of nitrogens with zero attached hydrogens (tertiary/aromatic N) is 2. The van der Waals surface area contributed by atoms with Gasteiger partial charge in [-0.05, 0) is 63.9 Å². The maximum absolute atomic E-state index is 12.5. The number of aliphatic hydroxyl groups is 1. The maximum Gasteiger partial charge on any atom is 0.238 e. The van der Waals surface area contributed by atoms with Gasteiger partial charge in [0.05, 0.1) is 18.8 Å². The molecule has 0 spiro atoms. The third-order valence-electron chi connectivity index (χ3n) is 5.49. The van der Waals surface area contributed by atoms with Gasteiger partial charge >= 0.3 is 0 Å². The lowest BCUT2D eigenvalue weighted by Crippen LogP contribution is -2.45. The second-order valence-corrected chi connectivity index (χ2v) is 7.89. The number of nitrogens with one attached hydrogen (secondary N) is 1. The zero-order valence-corrected chi connectivity index (χ0v) is 16.6. The second-order valence-electron chi connectivity index (χ2n) is 7.89. The average molecular weight is 376 g/mol. The van der Waals surface area contributed by atoms with Crippen molar-refractivity contribution < 1.29 is 14.6 Å². The fourth-order valence-electron chi connectivity index (χ4n) is 4.27. The van der Waals surface area contributed by atoms with Gasteiger partial charge in [0.15, 0.2) is 0 Å². The van der Waals surface area contributed by atoms with Crippen LogP contribution in [0.5, 0.6) is 0 Å². The number of hydrogen-bond acceptors (Lipinski definition) is 5. The molecule has 3 unspecified atom stereocenters. The molecule has 2 heterocycles. The Kier molecular flexibility index (Phi) is 7.10. The van der Waals surface area contributed by atoms with Crippen molar-refractivity contribution in [1.29, 1.82) is 0 Å². The Labute approximate surface area is 162 Å². The normalized spacial score (nSPS) is 26.8. The molecule has 0 radical (unpaired) electrons. The minimum Gasteiger partial charge on any atom is -0.396 e. The summed E-state index contributed by atoms with van der Waals surface area (Å²) in [6.45, 7) is 7.48. The van der Waals surface area contributed by atoms with Crippen molar-refractivity contribution in [3.63, 3.8) is 0 Å². The molecule has 0 aliphatic carbocycles. The molecule has 2 N–H and O–H groups in total. The van der Waals surface area contributed by atoms with Gasteiger partial charge in [0.2, 0.25) is 5.91 Å². The number of rotatable bonds is 6. The third kappa shape index (κ3) is 5.67. The van der Waals surface area contributed by atoms with E-state index in [2.05, 4.69) is 41.1 Å². The van der Waals surface area contributed by atoms with Crippen LogP contribution in [0.15, 0.2) is 24.3 Å². The molecular weight excluding hydrogens is 342 g/mol. The molecule has 6 heteroatoms. The summed E-state index contributed by atoms with van der Waals surface area (Å²) in [5, 5.41) is 12.2. The van der Waals surface area contributed by atoms with Gasteiger partial charge in [-0.3, -0.25) is 9.69 Å². The summed E-state index contributed by atoms with van der Waals surface area (Å²) >= 11 is 0. The molecule has 2 saturated heterocycles. The Morgan fingerprint density at radius 1 is 1.19 bits per heavy atom. The van der Waals surface area contributed by atoms with Crippen LogP contribution in [0, 0.1) is 0 Å². The smallest absolute Gasteiger partial charge is 0.238 e. The van der Waals surface area contributed by atoms with Crippen LogP contribution < -0.4 is 10.2 Å². The van der Waals surface area contributed by atoms with E-state index in [9.17, 15) is 9.90 Å². The average Bonchev–Trinajstić information content (AvgIpc) is 2.63. The van der Waals surface area contributed by atoms with Crippen LogP contribution in [-0.4, -0.2) is 66.9 Å². The van der Waals surface area contributed by atoms with Crippen molar-refractivity contribution >= 4 is 17.3 Å². The summed E-state index contributed by atoms with van der Waals surface area (Å²) in [4.78, 5) is 17.0. The predicted octanol–water partition coefficient (Wildman–Crippen LogP) is 2.48. The van der Waals surface area contributed by atoms with E-state index in [0.29, 0.717) is 12.6 Å². The molecule has 150 valence electrons. The monoisotopic (exact) mass is 375 g/mol. The lowest BCUT2D eigenvalue weighted by atomic mass is 10.00. The highest BCUT2D eigenvalue weighted by atomic mass is 16.5. The van der Waals surface area contributed by atoms with E-state index in [-0.39, 0.29) is 24.7 Å². The van der Waals surface area contributed by atoms with Gasteiger partial charge in [-0.15, -0.1) is 0 Å². The number of likely N-dealkylation sites (tertiary alicyclic amines) is 1. The number of piperidine rings is 1. The Balaban J connectivity index is 1.53. The molecule has 2 aliphatic rings. The highest BCUT2D eigenvalue weighted by Gasteiger charge is 2.24. The van der Waals surface area contributed by atoms with E-state index >= 15 is 0 Å². The first kappa shape index (κ1) is 20.1. The summed E-state index contributed by atoms with van der Waals surface area (Å²) < 4.78 is 5.79. The topological polar surface area (TPSA) is 65.0 Å².